The van der Waals surface area contributed by atoms with Crippen molar-refractivity contribution in [2.75, 3.05) is 25.0 Å². The Bertz CT molecular complexity index is 489. The summed E-state index contributed by atoms with van der Waals surface area (Å²) < 4.78 is 0. The number of anilines is 1. The van der Waals surface area contributed by atoms with Crippen LogP contribution in [-0.2, 0) is 4.79 Å². The molecule has 0 unspecified atom stereocenters. The quantitative estimate of drug-likeness (QED) is 0.814. The zero-order valence-corrected chi connectivity index (χ0v) is 13.2. The van der Waals surface area contributed by atoms with E-state index in [4.69, 9.17) is 16.7 Å². The molecule has 1 saturated carbocycles. The van der Waals surface area contributed by atoms with E-state index < -0.39 is 0 Å². The first kappa shape index (κ1) is 16.3. The highest BCUT2D eigenvalue weighted by molar-refractivity contribution is 6.33. The van der Waals surface area contributed by atoms with Crippen molar-refractivity contribution >= 4 is 23.2 Å². The van der Waals surface area contributed by atoms with Crippen LogP contribution in [0.1, 0.15) is 31.2 Å². The Morgan fingerprint density at radius 2 is 2.24 bits per heavy atom. The van der Waals surface area contributed by atoms with Crippen LogP contribution in [0.5, 0.6) is 0 Å². The van der Waals surface area contributed by atoms with Gasteiger partial charge < -0.3 is 10.4 Å². The molecular formula is C16H23ClN2O2. The molecule has 5 heteroatoms. The molecular weight excluding hydrogens is 288 g/mol. The van der Waals surface area contributed by atoms with Gasteiger partial charge in [-0.1, -0.05) is 24.1 Å². The largest absolute Gasteiger partial charge is 0.396 e. The number of rotatable bonds is 7. The number of aryl methyl sites for hydroxylation is 1. The number of nitrogens with zero attached hydrogens (tertiary/aromatic N) is 1. The second-order valence-electron chi connectivity index (χ2n) is 5.66. The molecule has 1 amide bonds. The summed E-state index contributed by atoms with van der Waals surface area (Å²) in [5.74, 6) is -0.0504. The molecule has 116 valence electrons. The Balaban J connectivity index is 1.91. The van der Waals surface area contributed by atoms with Crippen LogP contribution in [0.15, 0.2) is 18.2 Å². The van der Waals surface area contributed by atoms with Gasteiger partial charge in [-0.15, -0.1) is 0 Å². The second kappa shape index (κ2) is 7.78. The van der Waals surface area contributed by atoms with Crippen LogP contribution >= 0.6 is 11.6 Å². The summed E-state index contributed by atoms with van der Waals surface area (Å²) in [6.45, 7) is 3.24. The third-order valence-corrected chi connectivity index (χ3v) is 4.25. The Kier molecular flexibility index (Phi) is 6.03. The van der Waals surface area contributed by atoms with Gasteiger partial charge in [0.1, 0.15) is 0 Å². The van der Waals surface area contributed by atoms with Gasteiger partial charge in [0, 0.05) is 19.2 Å². The molecule has 21 heavy (non-hydrogen) atoms. The summed E-state index contributed by atoms with van der Waals surface area (Å²) in [6.07, 6.45) is 4.22. The van der Waals surface area contributed by atoms with Gasteiger partial charge >= 0.3 is 0 Å². The van der Waals surface area contributed by atoms with Crippen molar-refractivity contribution in [3.05, 3.63) is 28.8 Å². The third-order valence-electron chi connectivity index (χ3n) is 3.94. The van der Waals surface area contributed by atoms with Crippen molar-refractivity contribution in [2.45, 2.75) is 38.6 Å². The van der Waals surface area contributed by atoms with Crippen LogP contribution in [0.3, 0.4) is 0 Å². The van der Waals surface area contributed by atoms with Crippen LogP contribution in [0.25, 0.3) is 0 Å². The number of aliphatic hydroxyl groups is 1. The Labute approximate surface area is 131 Å². The van der Waals surface area contributed by atoms with Crippen molar-refractivity contribution in [1.29, 1.82) is 0 Å². The maximum absolute atomic E-state index is 12.2. The van der Waals surface area contributed by atoms with Crippen molar-refractivity contribution in [2.24, 2.45) is 0 Å². The number of carbonyl (C=O) groups excluding carboxylic acids is 1. The molecule has 0 heterocycles. The fraction of sp³-hybridized carbons (Fsp3) is 0.562. The summed E-state index contributed by atoms with van der Waals surface area (Å²) in [5, 5.41) is 12.4. The minimum absolute atomic E-state index is 0.0504. The number of hydrogen-bond donors (Lipinski definition) is 2. The SMILES string of the molecule is Cc1ccc(NC(=O)CN(CCCO)C2CCC2)c(Cl)c1. The highest BCUT2D eigenvalue weighted by Crippen LogP contribution is 2.25. The van der Waals surface area contributed by atoms with Gasteiger partial charge in [0.2, 0.25) is 5.91 Å². The van der Waals surface area contributed by atoms with Gasteiger partial charge in [-0.3, -0.25) is 9.69 Å². The maximum atomic E-state index is 12.2. The minimum atomic E-state index is -0.0504. The lowest BCUT2D eigenvalue weighted by atomic mass is 9.91. The smallest absolute Gasteiger partial charge is 0.238 e. The molecule has 1 aliphatic carbocycles. The minimum Gasteiger partial charge on any atom is -0.396 e. The van der Waals surface area contributed by atoms with Crippen LogP contribution in [0.4, 0.5) is 5.69 Å². The van der Waals surface area contributed by atoms with Gasteiger partial charge in [-0.2, -0.15) is 0 Å². The Morgan fingerprint density at radius 3 is 2.81 bits per heavy atom. The lowest BCUT2D eigenvalue weighted by Gasteiger charge is -2.37. The average molecular weight is 311 g/mol. The predicted octanol–water partition coefficient (Wildman–Crippen LogP) is 2.82. The molecule has 0 atom stereocenters. The summed E-state index contributed by atoms with van der Waals surface area (Å²) >= 11 is 6.13. The fourth-order valence-corrected chi connectivity index (χ4v) is 2.79. The molecule has 0 radical (unpaired) electrons. The Hall–Kier alpha value is -1.10. The predicted molar refractivity (Wildman–Crippen MR) is 85.7 cm³/mol. The first-order valence-corrected chi connectivity index (χ1v) is 7.89. The molecule has 0 saturated heterocycles. The second-order valence-corrected chi connectivity index (χ2v) is 6.07. The van der Waals surface area contributed by atoms with Crippen LogP contribution in [-0.4, -0.2) is 41.7 Å². The lowest BCUT2D eigenvalue weighted by molar-refractivity contribution is -0.118. The van der Waals surface area contributed by atoms with E-state index in [-0.39, 0.29) is 12.5 Å². The van der Waals surface area contributed by atoms with Crippen molar-refractivity contribution < 1.29 is 9.90 Å². The molecule has 0 aromatic heterocycles. The topological polar surface area (TPSA) is 52.6 Å². The Morgan fingerprint density at radius 1 is 1.48 bits per heavy atom. The highest BCUT2D eigenvalue weighted by atomic mass is 35.5. The number of carbonyl (C=O) groups is 1. The van der Waals surface area contributed by atoms with Crippen LogP contribution in [0.2, 0.25) is 5.02 Å². The monoisotopic (exact) mass is 310 g/mol. The first-order chi connectivity index (χ1) is 10.1. The summed E-state index contributed by atoms with van der Waals surface area (Å²) in [6, 6.07) is 6.08. The molecule has 1 aromatic carbocycles. The van der Waals surface area contributed by atoms with Gasteiger partial charge in [0.15, 0.2) is 0 Å². The zero-order chi connectivity index (χ0) is 15.2. The van der Waals surface area contributed by atoms with Crippen LogP contribution in [0, 0.1) is 6.92 Å². The number of hydrogen-bond acceptors (Lipinski definition) is 3. The zero-order valence-electron chi connectivity index (χ0n) is 12.4. The van der Waals surface area contributed by atoms with E-state index in [1.165, 1.54) is 6.42 Å². The summed E-state index contributed by atoms with van der Waals surface area (Å²) in [7, 11) is 0. The summed E-state index contributed by atoms with van der Waals surface area (Å²) in [5.41, 5.74) is 1.72. The number of nitrogens with one attached hydrogen (secondary N) is 1. The lowest BCUT2D eigenvalue weighted by Crippen LogP contribution is -2.45. The normalized spacial score (nSPS) is 15.0. The van der Waals surface area contributed by atoms with Gasteiger partial charge in [0.05, 0.1) is 17.3 Å². The average Bonchev–Trinajstić information content (AvgIpc) is 2.37. The number of aliphatic hydroxyl groups excluding tert-OH is 1. The standard InChI is InChI=1S/C16H23ClN2O2/c1-12-6-7-15(14(17)10-12)18-16(21)11-19(8-3-9-20)13-4-2-5-13/h6-7,10,13,20H,2-5,8-9,11H2,1H3,(H,18,21). The number of benzene rings is 1. The molecule has 1 fully saturated rings. The van der Waals surface area contributed by atoms with Gasteiger partial charge in [-0.25, -0.2) is 0 Å². The molecule has 2 N–H and O–H groups in total. The highest BCUT2D eigenvalue weighted by Gasteiger charge is 2.26. The molecule has 0 aliphatic heterocycles. The van der Waals surface area contributed by atoms with Crippen LogP contribution < -0.4 is 5.32 Å². The number of halogens is 1. The van der Waals surface area contributed by atoms with E-state index in [0.717, 1.165) is 24.9 Å². The van der Waals surface area contributed by atoms with Gasteiger partial charge in [0.25, 0.3) is 0 Å². The molecule has 0 spiro atoms. The van der Waals surface area contributed by atoms with Gasteiger partial charge in [-0.05, 0) is 43.9 Å². The summed E-state index contributed by atoms with van der Waals surface area (Å²) in [4.78, 5) is 14.4. The molecule has 4 nitrogen and oxygen atoms in total. The fourth-order valence-electron chi connectivity index (χ4n) is 2.51. The van der Waals surface area contributed by atoms with E-state index in [9.17, 15) is 4.79 Å². The molecule has 2 rings (SSSR count). The van der Waals surface area contributed by atoms with E-state index in [1.807, 2.05) is 25.1 Å². The van der Waals surface area contributed by atoms with Crippen molar-refractivity contribution in [3.8, 4) is 0 Å². The van der Waals surface area contributed by atoms with Crippen molar-refractivity contribution in [3.63, 3.8) is 0 Å². The van der Waals surface area contributed by atoms with E-state index in [2.05, 4.69) is 10.2 Å². The van der Waals surface area contributed by atoms with Crippen molar-refractivity contribution in [1.82, 2.24) is 4.90 Å². The van der Waals surface area contributed by atoms with E-state index in [1.54, 1.807) is 0 Å². The third kappa shape index (κ3) is 4.70. The maximum Gasteiger partial charge on any atom is 0.238 e. The molecule has 1 aromatic rings. The molecule has 1 aliphatic rings. The van der Waals surface area contributed by atoms with E-state index >= 15 is 0 Å². The first-order valence-electron chi connectivity index (χ1n) is 7.51. The number of amides is 1. The molecule has 0 bridgehead atoms. The van der Waals surface area contributed by atoms with E-state index in [0.29, 0.717) is 29.7 Å².